The second-order valence-corrected chi connectivity index (χ2v) is 7.78. The third-order valence-corrected chi connectivity index (χ3v) is 5.58. The van der Waals surface area contributed by atoms with Crippen molar-refractivity contribution in [1.29, 1.82) is 4.78 Å². The lowest BCUT2D eigenvalue weighted by atomic mass is 10.2. The van der Waals surface area contributed by atoms with E-state index in [0.717, 1.165) is 25.1 Å². The molecule has 106 valence electrons. The van der Waals surface area contributed by atoms with Gasteiger partial charge in [-0.2, -0.15) is 0 Å². The summed E-state index contributed by atoms with van der Waals surface area (Å²) < 4.78 is 25.8. The van der Waals surface area contributed by atoms with Gasteiger partial charge in [-0.15, -0.1) is 0 Å². The van der Waals surface area contributed by atoms with E-state index < -0.39 is 9.73 Å². The second kappa shape index (κ2) is 5.41. The Labute approximate surface area is 115 Å². The summed E-state index contributed by atoms with van der Waals surface area (Å²) in [7, 11) is -1.05. The minimum atomic E-state index is -2.65. The highest BCUT2D eigenvalue weighted by atomic mass is 32.2. The van der Waals surface area contributed by atoms with Crippen LogP contribution >= 0.6 is 0 Å². The predicted molar refractivity (Wildman–Crippen MR) is 78.5 cm³/mol. The summed E-state index contributed by atoms with van der Waals surface area (Å²) >= 11 is 0. The quantitative estimate of drug-likeness (QED) is 0.841. The molecule has 0 unspecified atom stereocenters. The zero-order valence-corrected chi connectivity index (χ0v) is 12.5. The van der Waals surface area contributed by atoms with Crippen LogP contribution in [0.4, 0.5) is 5.69 Å². The van der Waals surface area contributed by atoms with E-state index >= 15 is 0 Å². The van der Waals surface area contributed by atoms with Crippen molar-refractivity contribution in [2.24, 2.45) is 5.92 Å². The van der Waals surface area contributed by atoms with Crippen LogP contribution in [0.25, 0.3) is 0 Å². The Morgan fingerprint density at radius 2 is 2.16 bits per heavy atom. The van der Waals surface area contributed by atoms with Gasteiger partial charge >= 0.3 is 0 Å². The topological polar surface area (TPSA) is 62.2 Å². The SMILES string of the molecule is COc1cc([S@](=N)(=O)C2CC2)ccc1NCC(C)C. The lowest BCUT2D eigenvalue weighted by Crippen LogP contribution is -2.10. The zero-order valence-electron chi connectivity index (χ0n) is 11.7. The van der Waals surface area contributed by atoms with E-state index in [0.29, 0.717) is 16.6 Å². The summed E-state index contributed by atoms with van der Waals surface area (Å²) in [6, 6.07) is 5.41. The number of anilines is 1. The first-order chi connectivity index (χ1) is 8.95. The zero-order chi connectivity index (χ0) is 14.0. The molecule has 0 spiro atoms. The van der Waals surface area contributed by atoms with Gasteiger partial charge in [-0.25, -0.2) is 8.99 Å². The molecule has 1 aromatic carbocycles. The number of rotatable bonds is 6. The maximum atomic E-state index is 12.4. The van der Waals surface area contributed by atoms with Crippen LogP contribution in [0.1, 0.15) is 26.7 Å². The summed E-state index contributed by atoms with van der Waals surface area (Å²) in [6.07, 6.45) is 1.80. The molecule has 0 radical (unpaired) electrons. The lowest BCUT2D eigenvalue weighted by molar-refractivity contribution is 0.415. The average Bonchev–Trinajstić information content (AvgIpc) is 3.20. The number of hydrogen-bond donors (Lipinski definition) is 2. The van der Waals surface area contributed by atoms with E-state index in [2.05, 4.69) is 19.2 Å². The summed E-state index contributed by atoms with van der Waals surface area (Å²) in [6.45, 7) is 5.13. The van der Waals surface area contributed by atoms with Gasteiger partial charge in [-0.05, 0) is 37.0 Å². The Morgan fingerprint density at radius 1 is 1.47 bits per heavy atom. The minimum Gasteiger partial charge on any atom is -0.495 e. The van der Waals surface area contributed by atoms with E-state index in [4.69, 9.17) is 9.52 Å². The van der Waals surface area contributed by atoms with E-state index in [-0.39, 0.29) is 5.25 Å². The van der Waals surface area contributed by atoms with E-state index in [1.165, 1.54) is 0 Å². The first kappa shape index (κ1) is 14.2. The highest BCUT2D eigenvalue weighted by Gasteiger charge is 2.34. The predicted octanol–water partition coefficient (Wildman–Crippen LogP) is 3.33. The number of ether oxygens (including phenoxy) is 1. The fourth-order valence-corrected chi connectivity index (χ4v) is 3.65. The first-order valence-corrected chi connectivity index (χ1v) is 8.27. The minimum absolute atomic E-state index is 0.0340. The monoisotopic (exact) mass is 282 g/mol. The second-order valence-electron chi connectivity index (χ2n) is 5.44. The van der Waals surface area contributed by atoms with E-state index in [9.17, 15) is 4.21 Å². The van der Waals surface area contributed by atoms with Crippen molar-refractivity contribution in [1.82, 2.24) is 0 Å². The van der Waals surface area contributed by atoms with Gasteiger partial charge in [0, 0.05) is 11.8 Å². The maximum Gasteiger partial charge on any atom is 0.143 e. The number of benzene rings is 1. The molecule has 1 saturated carbocycles. The molecule has 1 aliphatic carbocycles. The molecular weight excluding hydrogens is 260 g/mol. The van der Waals surface area contributed by atoms with Crippen molar-refractivity contribution in [2.75, 3.05) is 19.0 Å². The van der Waals surface area contributed by atoms with Crippen molar-refractivity contribution in [3.63, 3.8) is 0 Å². The Kier molecular flexibility index (Phi) is 4.04. The molecule has 0 amide bonds. The summed E-state index contributed by atoms with van der Waals surface area (Å²) in [4.78, 5) is 0.585. The van der Waals surface area contributed by atoms with Crippen LogP contribution in [0.2, 0.25) is 0 Å². The smallest absolute Gasteiger partial charge is 0.143 e. The Hall–Kier alpha value is -1.23. The van der Waals surface area contributed by atoms with E-state index in [1.807, 2.05) is 6.07 Å². The van der Waals surface area contributed by atoms with Gasteiger partial charge in [0.25, 0.3) is 0 Å². The fraction of sp³-hybridized carbons (Fsp3) is 0.571. The molecule has 1 fully saturated rings. The van der Waals surface area contributed by atoms with Crippen LogP contribution in [-0.2, 0) is 9.73 Å². The van der Waals surface area contributed by atoms with Crippen molar-refractivity contribution >= 4 is 15.4 Å². The van der Waals surface area contributed by atoms with Gasteiger partial charge in [0.2, 0.25) is 0 Å². The summed E-state index contributed by atoms with van der Waals surface area (Å²) in [5.74, 6) is 1.20. The molecule has 19 heavy (non-hydrogen) atoms. The lowest BCUT2D eigenvalue weighted by Gasteiger charge is -2.15. The van der Waals surface area contributed by atoms with Gasteiger partial charge in [0.15, 0.2) is 0 Å². The number of hydrogen-bond acceptors (Lipinski definition) is 4. The van der Waals surface area contributed by atoms with Crippen LogP contribution < -0.4 is 10.1 Å². The molecule has 0 bridgehead atoms. The molecular formula is C14H22N2O2S. The maximum absolute atomic E-state index is 12.4. The number of nitrogens with one attached hydrogen (secondary N) is 2. The summed E-state index contributed by atoms with van der Waals surface area (Å²) in [5.41, 5.74) is 0.894. The number of methoxy groups -OCH3 is 1. The standard InChI is InChI=1S/C14H22N2O2S/c1-10(2)9-16-13-7-6-12(8-14(13)18-3)19(15,17)11-4-5-11/h6-8,10-11,15-16H,4-5,9H2,1-3H3/t19-/m1/s1. The molecule has 1 aliphatic rings. The molecule has 0 heterocycles. The first-order valence-electron chi connectivity index (χ1n) is 6.64. The highest BCUT2D eigenvalue weighted by Crippen LogP contribution is 2.37. The molecule has 2 N–H and O–H groups in total. The third kappa shape index (κ3) is 3.21. The Bertz CT molecular complexity index is 549. The van der Waals surface area contributed by atoms with Gasteiger partial charge < -0.3 is 10.1 Å². The molecule has 2 rings (SSSR count). The molecule has 0 aromatic heterocycles. The highest BCUT2D eigenvalue weighted by molar-refractivity contribution is 7.93. The average molecular weight is 282 g/mol. The van der Waals surface area contributed by atoms with Gasteiger partial charge in [-0.1, -0.05) is 13.8 Å². The van der Waals surface area contributed by atoms with Crippen LogP contribution in [-0.4, -0.2) is 23.1 Å². The summed E-state index contributed by atoms with van der Waals surface area (Å²) in [5, 5.41) is 3.34. The molecule has 5 heteroatoms. The van der Waals surface area contributed by atoms with Gasteiger partial charge in [-0.3, -0.25) is 0 Å². The molecule has 1 aromatic rings. The Morgan fingerprint density at radius 3 is 2.68 bits per heavy atom. The largest absolute Gasteiger partial charge is 0.495 e. The van der Waals surface area contributed by atoms with Crippen molar-refractivity contribution in [3.8, 4) is 5.75 Å². The Balaban J connectivity index is 2.25. The van der Waals surface area contributed by atoms with Gasteiger partial charge in [0.05, 0.1) is 27.4 Å². The van der Waals surface area contributed by atoms with Crippen LogP contribution in [0, 0.1) is 10.7 Å². The molecule has 1 atom stereocenters. The van der Waals surface area contributed by atoms with Crippen molar-refractivity contribution in [3.05, 3.63) is 18.2 Å². The van der Waals surface area contributed by atoms with Gasteiger partial charge in [0.1, 0.15) is 5.75 Å². The normalized spacial score (nSPS) is 18.1. The fourth-order valence-electron chi connectivity index (χ4n) is 1.91. The third-order valence-electron chi connectivity index (χ3n) is 3.22. The van der Waals surface area contributed by atoms with E-state index in [1.54, 1.807) is 19.2 Å². The van der Waals surface area contributed by atoms with Crippen molar-refractivity contribution in [2.45, 2.75) is 36.8 Å². The van der Waals surface area contributed by atoms with Crippen molar-refractivity contribution < 1.29 is 8.95 Å². The molecule has 0 saturated heterocycles. The molecule has 0 aliphatic heterocycles. The molecule has 4 nitrogen and oxygen atoms in total. The van der Waals surface area contributed by atoms with Crippen LogP contribution in [0.3, 0.4) is 0 Å². The van der Waals surface area contributed by atoms with Crippen LogP contribution in [0.5, 0.6) is 5.75 Å². The van der Waals surface area contributed by atoms with Crippen LogP contribution in [0.15, 0.2) is 23.1 Å².